The lowest BCUT2D eigenvalue weighted by atomic mass is 10.1. The minimum Gasteiger partial charge on any atom is -0.376 e. The van der Waals surface area contributed by atoms with Crippen LogP contribution in [0.3, 0.4) is 0 Å². The Bertz CT molecular complexity index is 556. The number of nitrogens with zero attached hydrogens (tertiary/aromatic N) is 3. The summed E-state index contributed by atoms with van der Waals surface area (Å²) in [7, 11) is 1.85. The Morgan fingerprint density at radius 3 is 2.76 bits per heavy atom. The number of aryl methyl sites for hydroxylation is 2. The zero-order chi connectivity index (χ0) is 17.6. The number of rotatable bonds is 5. The Labute approximate surface area is 154 Å². The number of ether oxygens (including phenoxy) is 2. The molecule has 1 atom stereocenters. The zero-order valence-corrected chi connectivity index (χ0v) is 16.4. The van der Waals surface area contributed by atoms with Crippen molar-refractivity contribution in [3.8, 4) is 0 Å². The maximum absolute atomic E-state index is 6.05. The first kappa shape index (κ1) is 18.6. The predicted molar refractivity (Wildman–Crippen MR) is 101 cm³/mol. The summed E-state index contributed by atoms with van der Waals surface area (Å²) in [6.07, 6.45) is 5.07. The third-order valence-corrected chi connectivity index (χ3v) is 6.04. The fourth-order valence-corrected chi connectivity index (χ4v) is 4.23. The van der Waals surface area contributed by atoms with E-state index in [9.17, 15) is 0 Å². The van der Waals surface area contributed by atoms with Crippen LogP contribution in [0, 0.1) is 13.8 Å². The van der Waals surface area contributed by atoms with Gasteiger partial charge in [0.2, 0.25) is 0 Å². The van der Waals surface area contributed by atoms with E-state index in [2.05, 4.69) is 34.0 Å². The van der Waals surface area contributed by atoms with Gasteiger partial charge in [-0.1, -0.05) is 0 Å². The monoisotopic (exact) mass is 366 g/mol. The number of nitrogens with one attached hydrogen (secondary N) is 1. The number of piperidine rings is 1. The number of aromatic nitrogens is 1. The maximum Gasteiger partial charge on any atom is 0.193 e. The Morgan fingerprint density at radius 1 is 1.36 bits per heavy atom. The summed E-state index contributed by atoms with van der Waals surface area (Å²) in [6.45, 7) is 8.52. The third-order valence-electron chi connectivity index (χ3n) is 4.97. The fraction of sp³-hybridized carbons (Fsp3) is 0.778. The summed E-state index contributed by atoms with van der Waals surface area (Å²) >= 11 is 1.75. The highest BCUT2D eigenvalue weighted by Gasteiger charge is 2.24. The van der Waals surface area contributed by atoms with Gasteiger partial charge in [-0.15, -0.1) is 11.3 Å². The normalized spacial score (nSPS) is 22.6. The maximum atomic E-state index is 6.05. The van der Waals surface area contributed by atoms with Crippen LogP contribution < -0.4 is 5.32 Å². The quantitative estimate of drug-likeness (QED) is 0.641. The Morgan fingerprint density at radius 2 is 2.16 bits per heavy atom. The number of guanidine groups is 1. The molecule has 3 rings (SSSR count). The van der Waals surface area contributed by atoms with E-state index in [1.165, 1.54) is 11.3 Å². The molecule has 1 aromatic heterocycles. The van der Waals surface area contributed by atoms with Crippen LogP contribution in [0.25, 0.3) is 0 Å². The molecule has 2 aliphatic rings. The van der Waals surface area contributed by atoms with Crippen molar-refractivity contribution in [3.05, 3.63) is 15.6 Å². The van der Waals surface area contributed by atoms with E-state index in [0.29, 0.717) is 12.2 Å². The molecule has 1 aromatic rings. The van der Waals surface area contributed by atoms with Gasteiger partial charge in [-0.25, -0.2) is 4.98 Å². The summed E-state index contributed by atoms with van der Waals surface area (Å²) in [5, 5.41) is 4.57. The van der Waals surface area contributed by atoms with Crippen LogP contribution in [-0.2, 0) is 16.0 Å². The summed E-state index contributed by atoms with van der Waals surface area (Å²) in [5.41, 5.74) is 1.13. The second kappa shape index (κ2) is 8.96. The van der Waals surface area contributed by atoms with Gasteiger partial charge in [-0.05, 0) is 39.5 Å². The second-order valence-electron chi connectivity index (χ2n) is 6.80. The number of thiazole rings is 1. The van der Waals surface area contributed by atoms with Gasteiger partial charge < -0.3 is 19.7 Å². The van der Waals surface area contributed by atoms with Crippen LogP contribution in [0.5, 0.6) is 0 Å². The van der Waals surface area contributed by atoms with Crippen LogP contribution in [0.15, 0.2) is 4.99 Å². The standard InChI is InChI=1S/C18H30N4O2S/c1-13-14(2)25-17(21-13)11-20-18(19-3)22-8-6-15(7-9-22)24-12-16-5-4-10-23-16/h15-16H,4-12H2,1-3H3,(H,19,20). The van der Waals surface area contributed by atoms with Crippen molar-refractivity contribution in [2.24, 2.45) is 4.99 Å². The second-order valence-corrected chi connectivity index (χ2v) is 8.09. The topological polar surface area (TPSA) is 59.0 Å². The lowest BCUT2D eigenvalue weighted by Crippen LogP contribution is -2.47. The van der Waals surface area contributed by atoms with Crippen molar-refractivity contribution in [2.45, 2.75) is 58.3 Å². The van der Waals surface area contributed by atoms with E-state index < -0.39 is 0 Å². The minimum absolute atomic E-state index is 0.317. The molecule has 25 heavy (non-hydrogen) atoms. The summed E-state index contributed by atoms with van der Waals surface area (Å²) in [4.78, 5) is 12.6. The van der Waals surface area contributed by atoms with Gasteiger partial charge in [-0.3, -0.25) is 4.99 Å². The van der Waals surface area contributed by atoms with Crippen molar-refractivity contribution >= 4 is 17.3 Å². The van der Waals surface area contributed by atoms with Gasteiger partial charge in [0.25, 0.3) is 0 Å². The van der Waals surface area contributed by atoms with Crippen LogP contribution in [0.4, 0.5) is 0 Å². The number of likely N-dealkylation sites (tertiary alicyclic amines) is 1. The van der Waals surface area contributed by atoms with Gasteiger partial charge in [0, 0.05) is 31.6 Å². The largest absolute Gasteiger partial charge is 0.376 e. The molecule has 0 radical (unpaired) electrons. The van der Waals surface area contributed by atoms with E-state index in [1.807, 2.05) is 7.05 Å². The van der Waals surface area contributed by atoms with Gasteiger partial charge in [0.15, 0.2) is 5.96 Å². The summed E-state index contributed by atoms with van der Waals surface area (Å²) in [5.74, 6) is 0.961. The Balaban J connectivity index is 1.40. The summed E-state index contributed by atoms with van der Waals surface area (Å²) < 4.78 is 11.7. The van der Waals surface area contributed by atoms with Gasteiger partial charge in [0.1, 0.15) is 5.01 Å². The average Bonchev–Trinajstić information content (AvgIpc) is 3.25. The van der Waals surface area contributed by atoms with Crippen molar-refractivity contribution in [1.82, 2.24) is 15.2 Å². The molecule has 0 saturated carbocycles. The Kier molecular flexibility index (Phi) is 6.67. The Hall–Kier alpha value is -1.18. The van der Waals surface area contributed by atoms with Gasteiger partial charge in [0.05, 0.1) is 31.1 Å². The molecule has 0 spiro atoms. The first-order valence-corrected chi connectivity index (χ1v) is 10.1. The molecule has 140 valence electrons. The first-order valence-electron chi connectivity index (χ1n) is 9.27. The van der Waals surface area contributed by atoms with Gasteiger partial charge >= 0.3 is 0 Å². The number of aliphatic imine (C=N–C) groups is 1. The van der Waals surface area contributed by atoms with E-state index in [-0.39, 0.29) is 0 Å². The SMILES string of the molecule is CN=C(NCc1nc(C)c(C)s1)N1CCC(OCC2CCCO2)CC1. The predicted octanol–water partition coefficient (Wildman–Crippen LogP) is 2.50. The first-order chi connectivity index (χ1) is 12.2. The molecule has 2 fully saturated rings. The van der Waals surface area contributed by atoms with E-state index in [1.54, 1.807) is 11.3 Å². The lowest BCUT2D eigenvalue weighted by Gasteiger charge is -2.34. The molecule has 0 aliphatic carbocycles. The molecule has 1 N–H and O–H groups in total. The molecule has 0 bridgehead atoms. The average molecular weight is 367 g/mol. The van der Waals surface area contributed by atoms with E-state index in [4.69, 9.17) is 9.47 Å². The van der Waals surface area contributed by atoms with Crippen LogP contribution >= 0.6 is 11.3 Å². The van der Waals surface area contributed by atoms with E-state index in [0.717, 1.165) is 68.8 Å². The molecule has 6 nitrogen and oxygen atoms in total. The molecule has 2 saturated heterocycles. The molecular weight excluding hydrogens is 336 g/mol. The van der Waals surface area contributed by atoms with Crippen LogP contribution in [0.2, 0.25) is 0 Å². The highest BCUT2D eigenvalue weighted by molar-refractivity contribution is 7.11. The third kappa shape index (κ3) is 5.15. The van der Waals surface area contributed by atoms with Crippen molar-refractivity contribution < 1.29 is 9.47 Å². The highest BCUT2D eigenvalue weighted by atomic mass is 32.1. The zero-order valence-electron chi connectivity index (χ0n) is 15.6. The minimum atomic E-state index is 0.317. The number of hydrogen-bond acceptors (Lipinski definition) is 5. The van der Waals surface area contributed by atoms with Crippen LogP contribution in [0.1, 0.15) is 41.3 Å². The highest BCUT2D eigenvalue weighted by Crippen LogP contribution is 2.19. The number of hydrogen-bond donors (Lipinski definition) is 1. The van der Waals surface area contributed by atoms with E-state index >= 15 is 0 Å². The van der Waals surface area contributed by atoms with Crippen molar-refractivity contribution in [2.75, 3.05) is 33.4 Å². The summed E-state index contributed by atoms with van der Waals surface area (Å²) in [6, 6.07) is 0. The van der Waals surface area contributed by atoms with Crippen molar-refractivity contribution in [1.29, 1.82) is 0 Å². The smallest absolute Gasteiger partial charge is 0.193 e. The van der Waals surface area contributed by atoms with Crippen molar-refractivity contribution in [3.63, 3.8) is 0 Å². The lowest BCUT2D eigenvalue weighted by molar-refractivity contribution is -0.0367. The molecule has 2 aliphatic heterocycles. The molecule has 3 heterocycles. The van der Waals surface area contributed by atoms with Crippen LogP contribution in [-0.4, -0.2) is 61.4 Å². The molecule has 1 unspecified atom stereocenters. The molecule has 0 amide bonds. The van der Waals surface area contributed by atoms with Gasteiger partial charge in [-0.2, -0.15) is 0 Å². The fourth-order valence-electron chi connectivity index (χ4n) is 3.36. The molecular formula is C18H30N4O2S. The molecule has 7 heteroatoms. The molecule has 0 aromatic carbocycles.